The highest BCUT2D eigenvalue weighted by Crippen LogP contribution is 2.36. The van der Waals surface area contributed by atoms with E-state index in [1.54, 1.807) is 0 Å². The topological polar surface area (TPSA) is 31.4 Å². The molecule has 2 heterocycles. The fourth-order valence-electron chi connectivity index (χ4n) is 2.47. The Balaban J connectivity index is 2.31. The predicted octanol–water partition coefficient (Wildman–Crippen LogP) is 2.99. The summed E-state index contributed by atoms with van der Waals surface area (Å²) in [6.45, 7) is 16.9. The van der Waals surface area contributed by atoms with Crippen LogP contribution in [0.1, 0.15) is 59.7 Å². The van der Waals surface area contributed by atoms with Crippen molar-refractivity contribution in [3.8, 4) is 0 Å². The summed E-state index contributed by atoms with van der Waals surface area (Å²) >= 11 is 0. The molecule has 3 nitrogen and oxygen atoms in total. The van der Waals surface area contributed by atoms with Crippen LogP contribution in [-0.2, 0) is 14.7 Å². The van der Waals surface area contributed by atoms with E-state index < -0.39 is 0 Å². The van der Waals surface area contributed by atoms with Crippen molar-refractivity contribution >= 4 is 12.7 Å². The Kier molecular flexibility index (Phi) is 3.55. The van der Waals surface area contributed by atoms with Crippen molar-refractivity contribution in [1.82, 2.24) is 4.98 Å². The molecule has 1 aliphatic rings. The van der Waals surface area contributed by atoms with E-state index in [-0.39, 0.29) is 23.7 Å². The van der Waals surface area contributed by atoms with E-state index in [0.29, 0.717) is 0 Å². The fourth-order valence-corrected chi connectivity index (χ4v) is 2.47. The quantitative estimate of drug-likeness (QED) is 0.738. The van der Waals surface area contributed by atoms with Crippen LogP contribution in [0.15, 0.2) is 12.1 Å². The molecule has 0 bridgehead atoms. The average Bonchev–Trinajstić information content (AvgIpc) is 2.46. The zero-order valence-corrected chi connectivity index (χ0v) is 14.0. The van der Waals surface area contributed by atoms with E-state index >= 15 is 0 Å². The van der Waals surface area contributed by atoms with Gasteiger partial charge in [-0.05, 0) is 51.7 Å². The van der Waals surface area contributed by atoms with Crippen molar-refractivity contribution in [3.05, 3.63) is 23.4 Å². The zero-order chi connectivity index (χ0) is 15.3. The molecule has 0 aliphatic carbocycles. The second-order valence-corrected chi connectivity index (χ2v) is 7.71. The largest absolute Gasteiger partial charge is 0.514 e. The number of aryl methyl sites for hydroxylation is 1. The smallest absolute Gasteiger partial charge is 0.398 e. The van der Waals surface area contributed by atoms with Gasteiger partial charge in [0.25, 0.3) is 0 Å². The van der Waals surface area contributed by atoms with Gasteiger partial charge in [-0.2, -0.15) is 0 Å². The molecule has 1 aromatic rings. The second kappa shape index (κ2) is 4.57. The third-order valence-electron chi connectivity index (χ3n) is 4.41. The van der Waals surface area contributed by atoms with Crippen molar-refractivity contribution in [2.24, 2.45) is 0 Å². The van der Waals surface area contributed by atoms with E-state index in [1.165, 1.54) is 5.56 Å². The highest BCUT2D eigenvalue weighted by atomic mass is 16.7. The molecule has 0 atom stereocenters. The number of pyridine rings is 1. The summed E-state index contributed by atoms with van der Waals surface area (Å²) in [4.78, 5) is 4.70. The van der Waals surface area contributed by atoms with Crippen molar-refractivity contribution in [1.29, 1.82) is 0 Å². The summed E-state index contributed by atoms with van der Waals surface area (Å²) in [5.41, 5.74) is 2.62. The van der Waals surface area contributed by atoms with Gasteiger partial charge in [0.1, 0.15) is 0 Å². The summed E-state index contributed by atoms with van der Waals surface area (Å²) in [6, 6.07) is 4.17. The molecule has 1 aliphatic heterocycles. The summed E-state index contributed by atoms with van der Waals surface area (Å²) in [6.07, 6.45) is 0. The van der Waals surface area contributed by atoms with Crippen LogP contribution in [0, 0.1) is 6.92 Å². The zero-order valence-electron chi connectivity index (χ0n) is 14.0. The van der Waals surface area contributed by atoms with E-state index in [0.717, 1.165) is 11.3 Å². The molecule has 1 saturated heterocycles. The first-order chi connectivity index (χ1) is 8.94. The van der Waals surface area contributed by atoms with Crippen LogP contribution in [-0.4, -0.2) is 23.3 Å². The van der Waals surface area contributed by atoms with Gasteiger partial charge in [-0.25, -0.2) is 0 Å². The monoisotopic (exact) mass is 275 g/mol. The number of hydrogen-bond donors (Lipinski definition) is 0. The van der Waals surface area contributed by atoms with Crippen LogP contribution in [0.2, 0.25) is 0 Å². The molecule has 0 saturated carbocycles. The van der Waals surface area contributed by atoms with Crippen LogP contribution in [0.5, 0.6) is 0 Å². The summed E-state index contributed by atoms with van der Waals surface area (Å²) in [7, 11) is -0.382. The first kappa shape index (κ1) is 15.5. The van der Waals surface area contributed by atoms with Gasteiger partial charge in [-0.3, -0.25) is 4.98 Å². The molecule has 0 amide bonds. The van der Waals surface area contributed by atoms with Crippen LogP contribution in [0.4, 0.5) is 0 Å². The molecule has 0 N–H and O–H groups in total. The molecule has 0 radical (unpaired) electrons. The maximum Gasteiger partial charge on any atom is 0.514 e. The molecule has 0 spiro atoms. The van der Waals surface area contributed by atoms with Crippen molar-refractivity contribution < 1.29 is 9.31 Å². The number of hydrogen-bond acceptors (Lipinski definition) is 3. The molecule has 4 heteroatoms. The SMILES string of the molecule is Cc1nc(B2OC(C)(C)C(C)(C)O2)ccc1C(C)(C)C. The molecule has 1 fully saturated rings. The first-order valence-corrected chi connectivity index (χ1v) is 7.28. The third-order valence-corrected chi connectivity index (χ3v) is 4.41. The lowest BCUT2D eigenvalue weighted by Crippen LogP contribution is -2.41. The van der Waals surface area contributed by atoms with Gasteiger partial charge < -0.3 is 9.31 Å². The normalized spacial score (nSPS) is 21.3. The Morgan fingerprint density at radius 3 is 1.90 bits per heavy atom. The molecule has 0 unspecified atom stereocenters. The van der Waals surface area contributed by atoms with Crippen molar-refractivity contribution in [2.45, 2.75) is 72.0 Å². The molecule has 1 aromatic heterocycles. The third kappa shape index (κ3) is 2.64. The number of nitrogens with zero attached hydrogens (tertiary/aromatic N) is 1. The lowest BCUT2D eigenvalue weighted by Gasteiger charge is -2.32. The minimum absolute atomic E-state index is 0.103. The van der Waals surface area contributed by atoms with E-state index in [1.807, 2.05) is 6.07 Å². The summed E-state index contributed by atoms with van der Waals surface area (Å²) in [5.74, 6) is 0. The number of aromatic nitrogens is 1. The predicted molar refractivity (Wildman–Crippen MR) is 83.4 cm³/mol. The van der Waals surface area contributed by atoms with Crippen LogP contribution in [0.25, 0.3) is 0 Å². The van der Waals surface area contributed by atoms with E-state index in [2.05, 4.69) is 61.5 Å². The Bertz CT molecular complexity index is 502. The first-order valence-electron chi connectivity index (χ1n) is 7.28. The van der Waals surface area contributed by atoms with Gasteiger partial charge in [0, 0.05) is 5.69 Å². The van der Waals surface area contributed by atoms with Gasteiger partial charge in [0.05, 0.1) is 16.8 Å². The van der Waals surface area contributed by atoms with Crippen molar-refractivity contribution in [2.75, 3.05) is 0 Å². The minimum atomic E-state index is -0.382. The van der Waals surface area contributed by atoms with Gasteiger partial charge in [-0.15, -0.1) is 0 Å². The second-order valence-electron chi connectivity index (χ2n) is 7.71. The lowest BCUT2D eigenvalue weighted by atomic mass is 9.80. The van der Waals surface area contributed by atoms with Crippen LogP contribution >= 0.6 is 0 Å². The van der Waals surface area contributed by atoms with E-state index in [4.69, 9.17) is 14.3 Å². The Labute approximate surface area is 123 Å². The highest BCUT2D eigenvalue weighted by Gasteiger charge is 2.52. The molecule has 20 heavy (non-hydrogen) atoms. The fraction of sp³-hybridized carbons (Fsp3) is 0.688. The molecule has 2 rings (SSSR count). The van der Waals surface area contributed by atoms with Crippen LogP contribution < -0.4 is 5.59 Å². The van der Waals surface area contributed by atoms with Crippen molar-refractivity contribution in [3.63, 3.8) is 0 Å². The Morgan fingerprint density at radius 2 is 1.50 bits per heavy atom. The van der Waals surface area contributed by atoms with Gasteiger partial charge in [0.2, 0.25) is 0 Å². The summed E-state index contributed by atoms with van der Waals surface area (Å²) in [5, 5.41) is 0. The highest BCUT2D eigenvalue weighted by molar-refractivity contribution is 6.61. The summed E-state index contributed by atoms with van der Waals surface area (Å²) < 4.78 is 12.1. The van der Waals surface area contributed by atoms with Crippen LogP contribution in [0.3, 0.4) is 0 Å². The minimum Gasteiger partial charge on any atom is -0.398 e. The average molecular weight is 275 g/mol. The Hall–Kier alpha value is -0.865. The maximum atomic E-state index is 6.05. The molecular weight excluding hydrogens is 249 g/mol. The van der Waals surface area contributed by atoms with Gasteiger partial charge in [-0.1, -0.05) is 26.8 Å². The van der Waals surface area contributed by atoms with Gasteiger partial charge >= 0.3 is 7.12 Å². The van der Waals surface area contributed by atoms with E-state index in [9.17, 15) is 0 Å². The molecule has 0 aromatic carbocycles. The molecular formula is C16H26BNO2. The lowest BCUT2D eigenvalue weighted by molar-refractivity contribution is 0.00578. The standard InChI is InChI=1S/C16H26BNO2/c1-11-12(14(2,3)4)9-10-13(18-11)17-19-15(5,6)16(7,8)20-17/h9-10H,1-8H3. The van der Waals surface area contributed by atoms with Gasteiger partial charge in [0.15, 0.2) is 0 Å². The molecule has 110 valence electrons. The maximum absolute atomic E-state index is 6.05. The number of rotatable bonds is 1. The Morgan fingerprint density at radius 1 is 1.00 bits per heavy atom.